The lowest BCUT2D eigenvalue weighted by Crippen LogP contribution is -2.36. The highest BCUT2D eigenvalue weighted by atomic mass is 14.4. The Hall–Kier alpha value is -10.1. The van der Waals surface area contributed by atoms with Crippen LogP contribution in [0.3, 0.4) is 0 Å². The van der Waals surface area contributed by atoms with Gasteiger partial charge in [-0.15, -0.1) is 0 Å². The molecule has 0 heteroatoms. The zero-order chi connectivity index (χ0) is 53.2. The van der Waals surface area contributed by atoms with Gasteiger partial charge in [0.15, 0.2) is 0 Å². The van der Waals surface area contributed by atoms with Gasteiger partial charge >= 0.3 is 0 Å². The second-order valence-electron chi connectivity index (χ2n) is 21.0. The first-order valence-electron chi connectivity index (χ1n) is 27.9. The molecule has 15 aromatic rings. The van der Waals surface area contributed by atoms with Crippen molar-refractivity contribution >= 4 is 115 Å². The number of fused-ring (bicyclic) bond motifs is 4. The lowest BCUT2D eigenvalue weighted by atomic mass is 9.67. The Balaban J connectivity index is 0.0000000912. The van der Waals surface area contributed by atoms with Crippen LogP contribution in [-0.2, 0) is 0 Å². The molecule has 0 aliphatic heterocycles. The third kappa shape index (κ3) is 9.17. The van der Waals surface area contributed by atoms with Gasteiger partial charge in [-0.25, -0.2) is 0 Å². The maximum absolute atomic E-state index is 2.41. The van der Waals surface area contributed by atoms with Gasteiger partial charge in [0.25, 0.3) is 0 Å². The third-order valence-electron chi connectivity index (χ3n) is 16.3. The first kappa shape index (κ1) is 48.2. The van der Waals surface area contributed by atoms with Crippen molar-refractivity contribution in [1.29, 1.82) is 0 Å². The predicted octanol–water partition coefficient (Wildman–Crippen LogP) is 20.3. The van der Waals surface area contributed by atoms with Gasteiger partial charge in [0, 0.05) is 5.92 Å². The quantitative estimate of drug-likeness (QED) is 0.105. The maximum atomic E-state index is 2.41. The molecule has 4 aliphatic rings. The molecule has 0 N–H and O–H groups in total. The molecule has 4 aliphatic carbocycles. The normalized spacial score (nSPS) is 13.8. The molecule has 0 nitrogen and oxygen atoms in total. The smallest absolute Gasteiger partial charge is 0.0361 e. The van der Waals surface area contributed by atoms with E-state index in [1.54, 1.807) is 11.1 Å². The summed E-state index contributed by atoms with van der Waals surface area (Å²) >= 11 is 0. The van der Waals surface area contributed by atoms with Crippen LogP contribution in [0.5, 0.6) is 0 Å². The molecule has 0 heterocycles. The van der Waals surface area contributed by atoms with E-state index in [1.165, 1.54) is 124 Å². The summed E-state index contributed by atoms with van der Waals surface area (Å²) in [5.41, 5.74) is 7.48. The van der Waals surface area contributed by atoms with Gasteiger partial charge in [0.2, 0.25) is 0 Å². The van der Waals surface area contributed by atoms with Gasteiger partial charge < -0.3 is 0 Å². The Labute approximate surface area is 466 Å². The van der Waals surface area contributed by atoms with E-state index in [0.717, 1.165) is 6.42 Å². The van der Waals surface area contributed by atoms with Crippen LogP contribution in [0.4, 0.5) is 0 Å². The summed E-state index contributed by atoms with van der Waals surface area (Å²) in [6.07, 6.45) is 12.8. The van der Waals surface area contributed by atoms with Crippen molar-refractivity contribution in [3.8, 4) is 0 Å². The van der Waals surface area contributed by atoms with E-state index in [1.807, 2.05) is 36.4 Å². The first-order valence-corrected chi connectivity index (χ1v) is 27.9. The number of allylic oxidation sites excluding steroid dienone is 5. The number of hydrogen-bond donors (Lipinski definition) is 0. The van der Waals surface area contributed by atoms with E-state index in [4.69, 9.17) is 0 Å². The Morgan fingerprint density at radius 1 is 0.263 bits per heavy atom. The Bertz CT molecular complexity index is 4570. The van der Waals surface area contributed by atoms with E-state index in [0.29, 0.717) is 5.92 Å². The second kappa shape index (κ2) is 21.4. The summed E-state index contributed by atoms with van der Waals surface area (Å²) in [5.74, 6) is 0.432. The SMILES string of the molecule is C1=Cc2ccc3ccc4ccc5c6c4c3c2C2C1=CC=C(CC=5)C=62.c1cc2ccc3cccc4ccc(c1)c2c34.c1ccc2cc3ccccc3cc2c1.c1ccc2ccccc2c1.c1ccc2ccccc2c1.c1ccccc1. The molecule has 0 saturated carbocycles. The van der Waals surface area contributed by atoms with Crippen LogP contribution >= 0.6 is 0 Å². The summed E-state index contributed by atoms with van der Waals surface area (Å²) < 4.78 is 0. The van der Waals surface area contributed by atoms with E-state index in [-0.39, 0.29) is 0 Å². The average Bonchev–Trinajstić information content (AvgIpc) is 3.62. The molecule has 0 bridgehead atoms. The minimum Gasteiger partial charge on any atom is -0.0722 e. The zero-order valence-electron chi connectivity index (χ0n) is 44.4. The van der Waals surface area contributed by atoms with Crippen LogP contribution in [0.25, 0.3) is 115 Å². The molecule has 0 radical (unpaired) electrons. The molecule has 0 aromatic heterocycles. The molecule has 1 unspecified atom stereocenters. The molecule has 80 heavy (non-hydrogen) atoms. The summed E-state index contributed by atoms with van der Waals surface area (Å²) in [6, 6.07) is 103. The van der Waals surface area contributed by atoms with Crippen LogP contribution in [0.2, 0.25) is 0 Å². The fourth-order valence-corrected chi connectivity index (χ4v) is 12.5. The van der Waals surface area contributed by atoms with E-state index in [9.17, 15) is 0 Å². The lowest BCUT2D eigenvalue weighted by Gasteiger charge is -2.36. The fourth-order valence-electron chi connectivity index (χ4n) is 12.5. The number of hydrogen-bond acceptors (Lipinski definition) is 0. The Kier molecular flexibility index (Phi) is 12.9. The fraction of sp³-hybridized carbons (Fsp3) is 0.0250. The Morgan fingerprint density at radius 2 is 0.613 bits per heavy atom. The van der Waals surface area contributed by atoms with Crippen molar-refractivity contribution in [2.24, 2.45) is 0 Å². The molecule has 376 valence electrons. The second-order valence-corrected chi connectivity index (χ2v) is 21.0. The largest absolute Gasteiger partial charge is 0.0722 e. The summed E-state index contributed by atoms with van der Waals surface area (Å²) in [4.78, 5) is 0. The molecular weight excluding hydrogens is 961 g/mol. The van der Waals surface area contributed by atoms with Crippen LogP contribution in [0, 0.1) is 0 Å². The lowest BCUT2D eigenvalue weighted by molar-refractivity contribution is 0.995. The molecule has 19 rings (SSSR count). The summed E-state index contributed by atoms with van der Waals surface area (Å²) in [7, 11) is 0. The topological polar surface area (TPSA) is 0 Å². The standard InChI is InChI=1S/C24H14.C16H10.C14H10.2C10H8.C6H6/c1-2-14-5-6-16-9-11-18-12-10-17-8-7-15-4-3-13(1)19-20(14)22(16)24(18)23(17)21(15)19;1-3-11-7-9-13-5-2-6-14-10-8-12(4-1)15(11)16(13)14;1-2-6-12-10-14-8-4-3-7-13(14)9-11(12)5-1;2*1-2-6-10-8-4-3-7-9(10)5-1;1-2-4-6-5-3-1/h1-11,22H,12H2;1-10H;1-10H;2*1-8H;1-6H. The van der Waals surface area contributed by atoms with Crippen LogP contribution < -0.4 is 10.4 Å². The van der Waals surface area contributed by atoms with Crippen molar-refractivity contribution in [1.82, 2.24) is 0 Å². The molecule has 0 spiro atoms. The van der Waals surface area contributed by atoms with E-state index in [2.05, 4.69) is 285 Å². The van der Waals surface area contributed by atoms with Gasteiger partial charge in [-0.05, 0) is 154 Å². The third-order valence-corrected chi connectivity index (χ3v) is 16.3. The molecule has 0 saturated heterocycles. The van der Waals surface area contributed by atoms with Crippen LogP contribution in [0.1, 0.15) is 23.5 Å². The maximum Gasteiger partial charge on any atom is 0.0361 e. The van der Waals surface area contributed by atoms with Gasteiger partial charge in [-0.3, -0.25) is 0 Å². The minimum absolute atomic E-state index is 0.432. The van der Waals surface area contributed by atoms with Crippen LogP contribution in [0.15, 0.2) is 321 Å². The van der Waals surface area contributed by atoms with Gasteiger partial charge in [-0.2, -0.15) is 0 Å². The summed E-state index contributed by atoms with van der Waals surface area (Å²) in [6.45, 7) is 0. The van der Waals surface area contributed by atoms with Gasteiger partial charge in [0.05, 0.1) is 0 Å². The van der Waals surface area contributed by atoms with E-state index >= 15 is 0 Å². The highest BCUT2D eigenvalue weighted by Gasteiger charge is 2.35. The minimum atomic E-state index is 0.432. The van der Waals surface area contributed by atoms with Gasteiger partial charge in [-0.1, -0.05) is 309 Å². The van der Waals surface area contributed by atoms with Crippen molar-refractivity contribution in [3.63, 3.8) is 0 Å². The first-order chi connectivity index (χ1) is 39.7. The number of benzene rings is 15. The summed E-state index contributed by atoms with van der Waals surface area (Å²) in [5, 5.41) is 27.3. The highest BCUT2D eigenvalue weighted by Crippen LogP contribution is 2.51. The highest BCUT2D eigenvalue weighted by molar-refractivity contribution is 6.23. The van der Waals surface area contributed by atoms with Crippen molar-refractivity contribution in [2.45, 2.75) is 12.3 Å². The van der Waals surface area contributed by atoms with Gasteiger partial charge in [0.1, 0.15) is 0 Å². The Morgan fingerprint density at radius 3 is 1.04 bits per heavy atom. The molecule has 15 aromatic carbocycles. The monoisotopic (exact) mass is 1020 g/mol. The number of rotatable bonds is 0. The van der Waals surface area contributed by atoms with Crippen molar-refractivity contribution in [2.75, 3.05) is 0 Å². The molecule has 0 fully saturated rings. The molecular formula is C80H56. The molecule has 0 amide bonds. The van der Waals surface area contributed by atoms with Crippen LogP contribution in [-0.4, -0.2) is 0 Å². The van der Waals surface area contributed by atoms with Crippen molar-refractivity contribution < 1.29 is 0 Å². The van der Waals surface area contributed by atoms with Crippen molar-refractivity contribution in [3.05, 3.63) is 342 Å². The average molecular weight is 1020 g/mol. The molecule has 1 atom stereocenters. The zero-order valence-corrected chi connectivity index (χ0v) is 44.4. The predicted molar refractivity (Wildman–Crippen MR) is 347 cm³/mol. The van der Waals surface area contributed by atoms with E-state index < -0.39 is 0 Å².